The van der Waals surface area contributed by atoms with Gasteiger partial charge in [0.25, 0.3) is 0 Å². The van der Waals surface area contributed by atoms with Crippen LogP contribution in [0.5, 0.6) is 0 Å². The van der Waals surface area contributed by atoms with Crippen LogP contribution in [0.3, 0.4) is 0 Å². The zero-order valence-corrected chi connectivity index (χ0v) is 8.10. The van der Waals surface area contributed by atoms with Crippen molar-refractivity contribution in [2.75, 3.05) is 6.61 Å². The molecule has 1 fully saturated rings. The maximum absolute atomic E-state index is 10.0. The van der Waals surface area contributed by atoms with Crippen LogP contribution in [0.2, 0.25) is 0 Å². The van der Waals surface area contributed by atoms with Crippen LogP contribution in [0.1, 0.15) is 26.7 Å². The summed E-state index contributed by atoms with van der Waals surface area (Å²) in [5.74, 6) is 0. The van der Waals surface area contributed by atoms with Crippen molar-refractivity contribution < 1.29 is 20.1 Å². The molecule has 1 saturated heterocycles. The Morgan fingerprint density at radius 2 is 2.08 bits per heavy atom. The van der Waals surface area contributed by atoms with Gasteiger partial charge in [-0.15, -0.1) is 0 Å². The van der Waals surface area contributed by atoms with Crippen molar-refractivity contribution in [2.24, 2.45) is 0 Å². The van der Waals surface area contributed by atoms with E-state index >= 15 is 0 Å². The van der Waals surface area contributed by atoms with E-state index in [0.717, 1.165) is 6.42 Å². The molecule has 1 aliphatic rings. The van der Waals surface area contributed by atoms with Gasteiger partial charge in [0.05, 0.1) is 12.7 Å². The number of ether oxygens (including phenoxy) is 1. The third-order valence-corrected chi connectivity index (χ3v) is 2.75. The van der Waals surface area contributed by atoms with E-state index in [-0.39, 0.29) is 6.61 Å². The number of hydrogen-bond acceptors (Lipinski definition) is 4. The van der Waals surface area contributed by atoms with Gasteiger partial charge < -0.3 is 20.1 Å². The molecule has 4 atom stereocenters. The lowest BCUT2D eigenvalue weighted by atomic mass is 9.82. The Balaban J connectivity index is 2.75. The molecule has 0 radical (unpaired) electrons. The Morgan fingerprint density at radius 1 is 1.46 bits per heavy atom. The predicted octanol–water partition coefficient (Wildman–Crippen LogP) is -0.342. The summed E-state index contributed by atoms with van der Waals surface area (Å²) in [5, 5.41) is 29.0. The van der Waals surface area contributed by atoms with Crippen molar-refractivity contribution in [3.63, 3.8) is 0 Å². The van der Waals surface area contributed by atoms with E-state index < -0.39 is 23.9 Å². The average Bonchev–Trinajstić information content (AvgIpc) is 2.10. The van der Waals surface area contributed by atoms with Crippen LogP contribution in [0.4, 0.5) is 0 Å². The summed E-state index contributed by atoms with van der Waals surface area (Å²) in [6.45, 7) is 3.72. The lowest BCUT2D eigenvalue weighted by Gasteiger charge is -2.44. The molecule has 0 aromatic rings. The molecule has 1 heterocycles. The van der Waals surface area contributed by atoms with Crippen molar-refractivity contribution >= 4 is 0 Å². The fraction of sp³-hybridized carbons (Fsp3) is 1.00. The topological polar surface area (TPSA) is 69.9 Å². The van der Waals surface area contributed by atoms with Crippen molar-refractivity contribution in [1.29, 1.82) is 0 Å². The molecule has 0 aliphatic carbocycles. The van der Waals surface area contributed by atoms with E-state index in [1.807, 2.05) is 6.92 Å². The molecular formula is C9H18O4. The summed E-state index contributed by atoms with van der Waals surface area (Å²) < 4.78 is 5.17. The number of aliphatic hydroxyl groups excluding tert-OH is 2. The van der Waals surface area contributed by atoms with Gasteiger partial charge in [-0.25, -0.2) is 0 Å². The molecule has 0 bridgehead atoms. The highest BCUT2D eigenvalue weighted by Crippen LogP contribution is 2.30. The quantitative estimate of drug-likeness (QED) is 0.557. The van der Waals surface area contributed by atoms with Crippen molar-refractivity contribution in [2.45, 2.75) is 50.6 Å². The van der Waals surface area contributed by atoms with Gasteiger partial charge in [-0.05, 0) is 13.3 Å². The second-order valence-electron chi connectivity index (χ2n) is 3.73. The monoisotopic (exact) mass is 190 g/mol. The van der Waals surface area contributed by atoms with Gasteiger partial charge in [0, 0.05) is 0 Å². The lowest BCUT2D eigenvalue weighted by molar-refractivity contribution is -0.239. The average molecular weight is 190 g/mol. The summed E-state index contributed by atoms with van der Waals surface area (Å²) in [6, 6.07) is 0. The highest BCUT2D eigenvalue weighted by Gasteiger charge is 2.48. The Kier molecular flexibility index (Phi) is 3.29. The van der Waals surface area contributed by atoms with E-state index in [2.05, 4.69) is 0 Å². The summed E-state index contributed by atoms with van der Waals surface area (Å²) in [5.41, 5.74) is -1.30. The maximum atomic E-state index is 10.0. The second-order valence-corrected chi connectivity index (χ2v) is 3.73. The minimum atomic E-state index is -1.30. The number of rotatable bonds is 2. The normalized spacial score (nSPS) is 46.4. The minimum absolute atomic E-state index is 0.0916. The first-order valence-electron chi connectivity index (χ1n) is 4.72. The third-order valence-electron chi connectivity index (χ3n) is 2.75. The van der Waals surface area contributed by atoms with Crippen LogP contribution in [-0.4, -0.2) is 45.8 Å². The number of hydrogen-bond donors (Lipinski definition) is 3. The van der Waals surface area contributed by atoms with Gasteiger partial charge in [0.2, 0.25) is 0 Å². The van der Waals surface area contributed by atoms with Crippen LogP contribution >= 0.6 is 0 Å². The van der Waals surface area contributed by atoms with Gasteiger partial charge in [-0.2, -0.15) is 0 Å². The van der Waals surface area contributed by atoms with E-state index in [4.69, 9.17) is 4.74 Å². The molecule has 0 spiro atoms. The van der Waals surface area contributed by atoms with E-state index in [9.17, 15) is 15.3 Å². The van der Waals surface area contributed by atoms with Gasteiger partial charge in [-0.1, -0.05) is 13.3 Å². The van der Waals surface area contributed by atoms with Gasteiger partial charge in [0.1, 0.15) is 17.8 Å². The number of aliphatic hydroxyl groups is 3. The van der Waals surface area contributed by atoms with Crippen LogP contribution in [0.25, 0.3) is 0 Å². The Bertz CT molecular complexity index is 173. The Morgan fingerprint density at radius 3 is 2.62 bits per heavy atom. The Hall–Kier alpha value is -0.160. The lowest BCUT2D eigenvalue weighted by Crippen LogP contribution is -2.61. The van der Waals surface area contributed by atoms with Crippen LogP contribution < -0.4 is 0 Å². The fourth-order valence-corrected chi connectivity index (χ4v) is 1.80. The summed E-state index contributed by atoms with van der Waals surface area (Å²) >= 11 is 0. The maximum Gasteiger partial charge on any atom is 0.119 e. The summed E-state index contributed by atoms with van der Waals surface area (Å²) in [6.07, 6.45) is -1.32. The highest BCUT2D eigenvalue weighted by atomic mass is 16.5. The molecule has 4 nitrogen and oxygen atoms in total. The molecule has 0 aromatic heterocycles. The molecule has 1 aliphatic heterocycles. The zero-order valence-electron chi connectivity index (χ0n) is 8.10. The SMILES string of the molecule is CCC[C@@]1(O)C(C)OCC(O)C1O. The van der Waals surface area contributed by atoms with Gasteiger partial charge in [0.15, 0.2) is 0 Å². The molecule has 3 unspecified atom stereocenters. The molecule has 0 saturated carbocycles. The molecule has 1 rings (SSSR count). The third kappa shape index (κ3) is 1.86. The van der Waals surface area contributed by atoms with Crippen LogP contribution in [0, 0.1) is 0 Å². The standard InChI is InChI=1S/C9H18O4/c1-3-4-9(12)6(2)13-5-7(10)8(9)11/h6-8,10-12H,3-5H2,1-2H3/t6?,7?,8?,9-/m1/s1. The van der Waals surface area contributed by atoms with E-state index in [1.54, 1.807) is 6.92 Å². The second kappa shape index (κ2) is 3.92. The van der Waals surface area contributed by atoms with E-state index in [1.165, 1.54) is 0 Å². The zero-order chi connectivity index (χ0) is 10.1. The molecule has 0 aromatic carbocycles. The first kappa shape index (κ1) is 10.9. The van der Waals surface area contributed by atoms with E-state index in [0.29, 0.717) is 6.42 Å². The first-order valence-corrected chi connectivity index (χ1v) is 4.72. The molecule has 78 valence electrons. The fourth-order valence-electron chi connectivity index (χ4n) is 1.80. The van der Waals surface area contributed by atoms with Crippen molar-refractivity contribution in [3.05, 3.63) is 0 Å². The molecule has 3 N–H and O–H groups in total. The van der Waals surface area contributed by atoms with Crippen LogP contribution in [0.15, 0.2) is 0 Å². The molecule has 13 heavy (non-hydrogen) atoms. The molecule has 4 heteroatoms. The predicted molar refractivity (Wildman–Crippen MR) is 47.3 cm³/mol. The molecule has 0 amide bonds. The first-order chi connectivity index (χ1) is 6.02. The highest BCUT2D eigenvalue weighted by molar-refractivity contribution is 4.98. The minimum Gasteiger partial charge on any atom is -0.388 e. The van der Waals surface area contributed by atoms with Crippen molar-refractivity contribution in [1.82, 2.24) is 0 Å². The van der Waals surface area contributed by atoms with Gasteiger partial charge in [-0.3, -0.25) is 0 Å². The summed E-state index contributed by atoms with van der Waals surface area (Å²) in [4.78, 5) is 0. The molecular weight excluding hydrogens is 172 g/mol. The smallest absolute Gasteiger partial charge is 0.119 e. The van der Waals surface area contributed by atoms with Crippen molar-refractivity contribution in [3.8, 4) is 0 Å². The largest absolute Gasteiger partial charge is 0.388 e. The summed E-state index contributed by atoms with van der Waals surface area (Å²) in [7, 11) is 0. The van der Waals surface area contributed by atoms with Gasteiger partial charge >= 0.3 is 0 Å². The van der Waals surface area contributed by atoms with Crippen LogP contribution in [-0.2, 0) is 4.74 Å². The Labute approximate surface area is 78.1 Å².